The van der Waals surface area contributed by atoms with Gasteiger partial charge in [-0.1, -0.05) is 49.7 Å². The number of rotatable bonds is 22. The Morgan fingerprint density at radius 1 is 0.855 bits per heavy atom. The van der Waals surface area contributed by atoms with Gasteiger partial charge >= 0.3 is 7.12 Å². The van der Waals surface area contributed by atoms with E-state index in [1.54, 1.807) is 12.1 Å². The molecule has 0 aromatic heterocycles. The second-order valence-corrected chi connectivity index (χ2v) is 13.7. The molecule has 1 aliphatic rings. The lowest BCUT2D eigenvalue weighted by Gasteiger charge is -2.26. The number of nitrogens with two attached hydrogens (primary N) is 1. The quantitative estimate of drug-likeness (QED) is 0.0566. The van der Waals surface area contributed by atoms with E-state index in [1.165, 1.54) is 19.4 Å². The Balaban J connectivity index is 1.49. The van der Waals surface area contributed by atoms with Gasteiger partial charge in [0.2, 0.25) is 29.5 Å². The summed E-state index contributed by atoms with van der Waals surface area (Å²) in [5.41, 5.74) is 9.35. The van der Waals surface area contributed by atoms with E-state index >= 15 is 0 Å². The van der Waals surface area contributed by atoms with Crippen molar-refractivity contribution in [2.75, 3.05) is 26.2 Å². The first kappa shape index (κ1) is 44.6. The summed E-state index contributed by atoms with van der Waals surface area (Å²) < 4.78 is 4.98. The molecule has 5 unspecified atom stereocenters. The normalized spacial score (nSPS) is 15.9. The van der Waals surface area contributed by atoms with Crippen LogP contribution in [0.15, 0.2) is 48.5 Å². The number of amides is 6. The van der Waals surface area contributed by atoms with E-state index in [1.807, 2.05) is 12.1 Å². The molecule has 55 heavy (non-hydrogen) atoms. The minimum Gasteiger partial charge on any atom is -0.426 e. The maximum absolute atomic E-state index is 13.3. The van der Waals surface area contributed by atoms with Crippen molar-refractivity contribution in [2.24, 2.45) is 5.73 Å². The molecular weight excluding hydrogens is 709 g/mol. The Morgan fingerprint density at radius 3 is 2.13 bits per heavy atom. The van der Waals surface area contributed by atoms with Gasteiger partial charge in [-0.15, -0.1) is 0 Å². The molecule has 0 aliphatic carbocycles. The molecule has 300 valence electrons. The highest BCUT2D eigenvalue weighted by Gasteiger charge is 2.34. The van der Waals surface area contributed by atoms with Gasteiger partial charge in [-0.2, -0.15) is 0 Å². The van der Waals surface area contributed by atoms with Crippen LogP contribution in [0, 0.1) is 0 Å². The Hall–Kier alpha value is -4.84. The van der Waals surface area contributed by atoms with E-state index in [2.05, 4.69) is 63.1 Å². The predicted octanol–water partition coefficient (Wildman–Crippen LogP) is -0.159. The number of aliphatic hydroxyl groups excluding tert-OH is 1. The summed E-state index contributed by atoms with van der Waals surface area (Å²) in [5, 5.41) is 35.2. The number of carbonyl (C=O) groups is 6. The summed E-state index contributed by atoms with van der Waals surface area (Å²) in [6.07, 6.45) is 3.46. The molecule has 6 amide bonds. The van der Waals surface area contributed by atoms with Gasteiger partial charge in [-0.25, -0.2) is 0 Å². The lowest BCUT2D eigenvalue weighted by molar-refractivity contribution is -0.135. The summed E-state index contributed by atoms with van der Waals surface area (Å²) in [6.45, 7) is 5.03. The molecule has 16 nitrogen and oxygen atoms in total. The number of benzene rings is 2. The highest BCUT2D eigenvalue weighted by Crippen LogP contribution is 2.21. The smallest absolute Gasteiger partial charge is 0.426 e. The first-order valence-corrected chi connectivity index (χ1v) is 18.9. The molecule has 1 aliphatic heterocycles. The fourth-order valence-corrected chi connectivity index (χ4v) is 5.80. The van der Waals surface area contributed by atoms with Crippen molar-refractivity contribution in [3.63, 3.8) is 0 Å². The zero-order valence-corrected chi connectivity index (χ0v) is 31.9. The Kier molecular flexibility index (Phi) is 18.8. The van der Waals surface area contributed by atoms with Gasteiger partial charge in [0.15, 0.2) is 0 Å². The standard InChI is InChI=1S/C38H56BN7O9/c1-4-5-8-26-10-12-27(13-11-26)28-14-16-29(17-15-28)36(51)41-21-18-32(48)44-30(9-6-7-20-40)37(52)46-34(25(3)47)38(53)43-24(2)35(50)42-23-33(49)45-31-19-22-55-39(31)54/h10-17,24-25,30-31,34,47,54H,4-9,18-23,40H2,1-3H3,(H,41,51)(H,42,50)(H,43,53)(H,44,48)(H,45,49)(H,46,52). The van der Waals surface area contributed by atoms with Crippen LogP contribution in [0.3, 0.4) is 0 Å². The third-order valence-corrected chi connectivity index (χ3v) is 9.14. The van der Waals surface area contributed by atoms with E-state index in [9.17, 15) is 38.9 Å². The summed E-state index contributed by atoms with van der Waals surface area (Å²) in [5.74, 6) is -4.36. The van der Waals surface area contributed by atoms with Crippen molar-refractivity contribution in [3.05, 3.63) is 59.7 Å². The highest BCUT2D eigenvalue weighted by atomic mass is 16.5. The van der Waals surface area contributed by atoms with E-state index in [4.69, 9.17) is 10.4 Å². The van der Waals surface area contributed by atoms with Crippen LogP contribution in [0.4, 0.5) is 0 Å². The Labute approximate surface area is 322 Å². The second-order valence-electron chi connectivity index (χ2n) is 13.7. The maximum Gasteiger partial charge on any atom is 0.478 e. The lowest BCUT2D eigenvalue weighted by atomic mass is 9.80. The first-order chi connectivity index (χ1) is 26.3. The lowest BCUT2D eigenvalue weighted by Crippen LogP contribution is -2.59. The molecule has 10 N–H and O–H groups in total. The molecule has 1 fully saturated rings. The summed E-state index contributed by atoms with van der Waals surface area (Å²) in [7, 11) is -1.13. The summed E-state index contributed by atoms with van der Waals surface area (Å²) >= 11 is 0. The minimum absolute atomic E-state index is 0.0000463. The Morgan fingerprint density at radius 2 is 1.53 bits per heavy atom. The molecule has 2 aromatic rings. The molecule has 17 heteroatoms. The van der Waals surface area contributed by atoms with Gasteiger partial charge in [0.1, 0.15) is 18.1 Å². The maximum atomic E-state index is 13.3. The SMILES string of the molecule is CCCCc1ccc(-c2ccc(C(=O)NCCC(=O)NC(CCCCN)C(=O)NC(C(=O)NC(C)C(=O)NCC(=O)NC3CCOB3O)C(C)O)cc2)cc1. The van der Waals surface area contributed by atoms with Gasteiger partial charge in [-0.3, -0.25) is 28.8 Å². The number of carbonyl (C=O) groups excluding carboxylic acids is 6. The van der Waals surface area contributed by atoms with E-state index in [0.717, 1.165) is 30.4 Å². The van der Waals surface area contributed by atoms with E-state index < -0.39 is 73.4 Å². The van der Waals surface area contributed by atoms with Crippen LogP contribution in [-0.4, -0.2) is 109 Å². The van der Waals surface area contributed by atoms with Crippen LogP contribution >= 0.6 is 0 Å². The molecule has 0 bridgehead atoms. The number of unbranched alkanes of at least 4 members (excludes halogenated alkanes) is 2. The van der Waals surface area contributed by atoms with Crippen LogP contribution in [0.25, 0.3) is 11.1 Å². The fraction of sp³-hybridized carbons (Fsp3) is 0.526. The number of hydrogen-bond acceptors (Lipinski definition) is 10. The van der Waals surface area contributed by atoms with Crippen LogP contribution in [0.1, 0.15) is 81.6 Å². The second kappa shape index (κ2) is 23.2. The molecule has 0 saturated carbocycles. The van der Waals surface area contributed by atoms with Crippen molar-refractivity contribution in [3.8, 4) is 11.1 Å². The van der Waals surface area contributed by atoms with Gasteiger partial charge in [0, 0.05) is 25.1 Å². The molecule has 2 aromatic carbocycles. The average Bonchev–Trinajstić information content (AvgIpc) is 3.57. The summed E-state index contributed by atoms with van der Waals surface area (Å²) in [4.78, 5) is 76.8. The van der Waals surface area contributed by atoms with Gasteiger partial charge in [0.05, 0.1) is 18.6 Å². The van der Waals surface area contributed by atoms with Crippen LogP contribution in [-0.2, 0) is 35.0 Å². The molecule has 0 spiro atoms. The van der Waals surface area contributed by atoms with Crippen molar-refractivity contribution < 1.29 is 43.6 Å². The number of aliphatic hydroxyl groups is 1. The Bertz CT molecular complexity index is 1580. The third kappa shape index (κ3) is 15.1. The molecule has 5 atom stereocenters. The molecular formula is C38H56BN7O9. The highest BCUT2D eigenvalue weighted by molar-refractivity contribution is 6.46. The predicted molar refractivity (Wildman–Crippen MR) is 207 cm³/mol. The van der Waals surface area contributed by atoms with Crippen LogP contribution in [0.2, 0.25) is 0 Å². The summed E-state index contributed by atoms with van der Waals surface area (Å²) in [6, 6.07) is 11.8. The van der Waals surface area contributed by atoms with E-state index in [0.29, 0.717) is 31.4 Å². The van der Waals surface area contributed by atoms with E-state index in [-0.39, 0.29) is 31.9 Å². The van der Waals surface area contributed by atoms with Gasteiger partial charge in [-0.05, 0) is 87.7 Å². The third-order valence-electron chi connectivity index (χ3n) is 9.14. The van der Waals surface area contributed by atoms with Crippen molar-refractivity contribution in [1.82, 2.24) is 31.9 Å². The minimum atomic E-state index is -1.49. The molecule has 0 radical (unpaired) electrons. The topological polar surface area (TPSA) is 250 Å². The van der Waals surface area contributed by atoms with Crippen LogP contribution < -0.4 is 37.6 Å². The van der Waals surface area contributed by atoms with Crippen molar-refractivity contribution >= 4 is 42.6 Å². The number of nitrogens with one attached hydrogen (secondary N) is 6. The largest absolute Gasteiger partial charge is 0.478 e. The average molecular weight is 766 g/mol. The zero-order chi connectivity index (χ0) is 40.3. The van der Waals surface area contributed by atoms with Crippen molar-refractivity contribution in [1.29, 1.82) is 0 Å². The van der Waals surface area contributed by atoms with Crippen LogP contribution in [0.5, 0.6) is 0 Å². The fourth-order valence-electron chi connectivity index (χ4n) is 5.80. The van der Waals surface area contributed by atoms with Gasteiger partial charge in [0.25, 0.3) is 5.91 Å². The molecule has 1 saturated heterocycles. The number of hydrogen-bond donors (Lipinski definition) is 9. The van der Waals surface area contributed by atoms with Crippen molar-refractivity contribution in [2.45, 2.75) is 102 Å². The monoisotopic (exact) mass is 765 g/mol. The number of aryl methyl sites for hydroxylation is 1. The molecule has 3 rings (SSSR count). The zero-order valence-electron chi connectivity index (χ0n) is 31.9. The van der Waals surface area contributed by atoms with Gasteiger partial charge < -0.3 is 52.4 Å². The molecule has 1 heterocycles. The first-order valence-electron chi connectivity index (χ1n) is 18.9.